The van der Waals surface area contributed by atoms with Crippen LogP contribution in [0.5, 0.6) is 0 Å². The normalized spacial score (nSPS) is 19.4. The monoisotopic (exact) mass is 407 g/mol. The van der Waals surface area contributed by atoms with E-state index in [1.807, 2.05) is 47.0 Å². The number of aryl methyl sites for hydroxylation is 1. The van der Waals surface area contributed by atoms with Crippen LogP contribution < -0.4 is 10.2 Å². The van der Waals surface area contributed by atoms with Gasteiger partial charge in [0.25, 0.3) is 0 Å². The Morgan fingerprint density at radius 2 is 2.19 bits per heavy atom. The number of imidazole rings is 1. The topological polar surface area (TPSA) is 70.5 Å². The number of fused-ring (bicyclic) bond motifs is 1. The molecule has 1 atom stereocenters. The third-order valence-electron chi connectivity index (χ3n) is 4.82. The Morgan fingerprint density at radius 3 is 2.96 bits per heavy atom. The fourth-order valence-corrected chi connectivity index (χ4v) is 4.42. The van der Waals surface area contributed by atoms with Crippen LogP contribution in [0, 0.1) is 0 Å². The van der Waals surface area contributed by atoms with Crippen molar-refractivity contribution in [3.05, 3.63) is 42.5 Å². The zero-order valence-electron chi connectivity index (χ0n) is 15.0. The van der Waals surface area contributed by atoms with Crippen molar-refractivity contribution in [2.45, 2.75) is 10.9 Å². The Bertz CT molecular complexity index is 843. The number of hydrogen-bond acceptors (Lipinski definition) is 5. The van der Waals surface area contributed by atoms with Crippen molar-refractivity contribution in [1.82, 2.24) is 19.8 Å². The average Bonchev–Trinajstić information content (AvgIpc) is 3.10. The summed E-state index contributed by atoms with van der Waals surface area (Å²) in [4.78, 5) is 34.5. The minimum atomic E-state index is -0.124. The van der Waals surface area contributed by atoms with Gasteiger partial charge < -0.3 is 19.7 Å². The summed E-state index contributed by atoms with van der Waals surface area (Å²) in [5.74, 6) is 1.15. The number of benzene rings is 1. The molecule has 0 spiro atoms. The van der Waals surface area contributed by atoms with E-state index in [0.717, 1.165) is 23.0 Å². The van der Waals surface area contributed by atoms with Crippen molar-refractivity contribution in [3.63, 3.8) is 0 Å². The highest BCUT2D eigenvalue weighted by Crippen LogP contribution is 2.35. The molecule has 144 valence electrons. The highest BCUT2D eigenvalue weighted by Gasteiger charge is 2.33. The summed E-state index contributed by atoms with van der Waals surface area (Å²) in [7, 11) is 1.93. The molecule has 2 aliphatic heterocycles. The fourth-order valence-electron chi connectivity index (χ4n) is 3.49. The van der Waals surface area contributed by atoms with Gasteiger partial charge in [-0.15, -0.1) is 24.2 Å². The Labute approximate surface area is 168 Å². The molecule has 1 aromatic carbocycles. The zero-order chi connectivity index (χ0) is 18.1. The number of para-hydroxylation sites is 1. The minimum Gasteiger partial charge on any atom is -0.336 e. The smallest absolute Gasteiger partial charge is 0.243 e. The van der Waals surface area contributed by atoms with Gasteiger partial charge in [-0.2, -0.15) is 0 Å². The number of amides is 2. The molecular weight excluding hydrogens is 386 g/mol. The molecule has 7 nitrogen and oxygen atoms in total. The number of carbonyl (C=O) groups excluding carboxylic acids is 2. The van der Waals surface area contributed by atoms with Crippen molar-refractivity contribution >= 4 is 41.7 Å². The third kappa shape index (κ3) is 3.83. The van der Waals surface area contributed by atoms with Gasteiger partial charge >= 0.3 is 0 Å². The van der Waals surface area contributed by atoms with E-state index >= 15 is 0 Å². The quantitative estimate of drug-likeness (QED) is 0.834. The summed E-state index contributed by atoms with van der Waals surface area (Å²) in [5.41, 5.74) is 0.825. The summed E-state index contributed by atoms with van der Waals surface area (Å²) in [5, 5.41) is 3.33. The molecule has 0 bridgehead atoms. The van der Waals surface area contributed by atoms with E-state index < -0.39 is 0 Å². The van der Waals surface area contributed by atoms with Gasteiger partial charge in [0.2, 0.25) is 11.8 Å². The molecule has 1 unspecified atom stereocenters. The molecule has 3 heterocycles. The summed E-state index contributed by atoms with van der Waals surface area (Å²) < 4.78 is 1.94. The van der Waals surface area contributed by atoms with Crippen LogP contribution in [0.3, 0.4) is 0 Å². The van der Waals surface area contributed by atoms with Crippen molar-refractivity contribution < 1.29 is 9.59 Å². The largest absolute Gasteiger partial charge is 0.336 e. The molecule has 1 fully saturated rings. The van der Waals surface area contributed by atoms with Crippen molar-refractivity contribution in [2.24, 2.45) is 7.05 Å². The van der Waals surface area contributed by atoms with Crippen LogP contribution in [0.15, 0.2) is 41.6 Å². The lowest BCUT2D eigenvalue weighted by Gasteiger charge is -2.37. The second-order valence-electron chi connectivity index (χ2n) is 6.44. The maximum atomic E-state index is 13.1. The number of nitrogens with zero attached hydrogens (tertiary/aromatic N) is 4. The maximum absolute atomic E-state index is 13.1. The highest BCUT2D eigenvalue weighted by atomic mass is 35.5. The molecule has 0 saturated carbocycles. The molecule has 2 aliphatic rings. The average molecular weight is 408 g/mol. The third-order valence-corrected chi connectivity index (χ3v) is 5.87. The van der Waals surface area contributed by atoms with Gasteiger partial charge in [-0.05, 0) is 12.1 Å². The molecule has 1 saturated heterocycles. The lowest BCUT2D eigenvalue weighted by atomic mass is 10.1. The number of rotatable bonds is 3. The van der Waals surface area contributed by atoms with Crippen molar-refractivity contribution in [2.75, 3.05) is 36.8 Å². The van der Waals surface area contributed by atoms with E-state index in [1.165, 1.54) is 11.8 Å². The van der Waals surface area contributed by atoms with E-state index in [0.29, 0.717) is 18.8 Å². The molecule has 27 heavy (non-hydrogen) atoms. The van der Waals surface area contributed by atoms with Crippen LogP contribution >= 0.6 is 24.2 Å². The molecule has 1 aromatic heterocycles. The first-order valence-electron chi connectivity index (χ1n) is 8.65. The van der Waals surface area contributed by atoms with Crippen LogP contribution in [-0.2, 0) is 16.6 Å². The maximum Gasteiger partial charge on any atom is 0.243 e. The molecule has 2 aromatic rings. The summed E-state index contributed by atoms with van der Waals surface area (Å²) in [6.45, 7) is 2.08. The van der Waals surface area contributed by atoms with Crippen LogP contribution in [0.2, 0.25) is 0 Å². The van der Waals surface area contributed by atoms with Gasteiger partial charge in [-0.3, -0.25) is 9.59 Å². The van der Waals surface area contributed by atoms with Gasteiger partial charge in [0.1, 0.15) is 18.4 Å². The minimum absolute atomic E-state index is 0. The Kier molecular flexibility index (Phi) is 6.08. The molecule has 9 heteroatoms. The molecule has 0 aliphatic carbocycles. The Morgan fingerprint density at radius 1 is 1.37 bits per heavy atom. The molecule has 0 radical (unpaired) electrons. The number of hydrogen-bond donors (Lipinski definition) is 1. The first-order valence-corrected chi connectivity index (χ1v) is 9.63. The van der Waals surface area contributed by atoms with Gasteiger partial charge in [0.05, 0.1) is 11.4 Å². The van der Waals surface area contributed by atoms with E-state index in [9.17, 15) is 9.59 Å². The van der Waals surface area contributed by atoms with E-state index in [-0.39, 0.29) is 36.8 Å². The van der Waals surface area contributed by atoms with E-state index in [1.54, 1.807) is 11.1 Å². The number of aromatic nitrogens is 2. The summed E-state index contributed by atoms with van der Waals surface area (Å²) >= 11 is 1.52. The van der Waals surface area contributed by atoms with E-state index in [4.69, 9.17) is 0 Å². The summed E-state index contributed by atoms with van der Waals surface area (Å²) in [6, 6.07) is 7.62. The number of thioether (sulfide) groups is 1. The van der Waals surface area contributed by atoms with Crippen LogP contribution in [0.1, 0.15) is 11.9 Å². The fraction of sp³-hybridized carbons (Fsp3) is 0.389. The van der Waals surface area contributed by atoms with Gasteiger partial charge in [0, 0.05) is 44.0 Å². The highest BCUT2D eigenvalue weighted by molar-refractivity contribution is 8.00. The number of anilines is 1. The second kappa shape index (κ2) is 8.33. The molecule has 1 N–H and O–H groups in total. The van der Waals surface area contributed by atoms with Crippen LogP contribution in [0.25, 0.3) is 0 Å². The lowest BCUT2D eigenvalue weighted by molar-refractivity contribution is -0.134. The first kappa shape index (κ1) is 19.7. The first-order chi connectivity index (χ1) is 12.6. The summed E-state index contributed by atoms with van der Waals surface area (Å²) in [6.07, 6.45) is 3.63. The predicted octanol–water partition coefficient (Wildman–Crippen LogP) is 1.45. The molecule has 4 rings (SSSR count). The van der Waals surface area contributed by atoms with Gasteiger partial charge in [-0.25, -0.2) is 4.98 Å². The number of halogens is 1. The standard InChI is InChI=1S/C18H21N5O2S.ClH/c1-21-8-7-20-18(21)14-10-19-6-9-22(14)16(24)11-23-13-4-2-3-5-15(13)26-12-17(23)25;/h2-5,7-8,14,19H,6,9-12H2,1H3;1H. The van der Waals surface area contributed by atoms with Gasteiger partial charge in [-0.1, -0.05) is 12.1 Å². The van der Waals surface area contributed by atoms with E-state index in [2.05, 4.69) is 10.3 Å². The Hall–Kier alpha value is -2.03. The van der Waals surface area contributed by atoms with Gasteiger partial charge in [0.15, 0.2) is 0 Å². The molecule has 2 amide bonds. The second-order valence-corrected chi connectivity index (χ2v) is 7.46. The zero-order valence-corrected chi connectivity index (χ0v) is 16.6. The number of piperazine rings is 1. The SMILES string of the molecule is Cl.Cn1ccnc1C1CNCCN1C(=O)CN1C(=O)CSc2ccccc21. The lowest BCUT2D eigenvalue weighted by Crippen LogP contribution is -2.53. The molecular formula is C18H22ClN5O2S. The van der Waals surface area contributed by atoms with Crippen molar-refractivity contribution in [3.8, 4) is 0 Å². The van der Waals surface area contributed by atoms with Crippen molar-refractivity contribution in [1.29, 1.82) is 0 Å². The number of carbonyl (C=O) groups is 2. The van der Waals surface area contributed by atoms with Crippen LogP contribution in [-0.4, -0.2) is 58.2 Å². The Balaban J connectivity index is 0.00000210. The number of nitrogens with one attached hydrogen (secondary N) is 1. The predicted molar refractivity (Wildman–Crippen MR) is 107 cm³/mol. The van der Waals surface area contributed by atoms with Crippen LogP contribution in [0.4, 0.5) is 5.69 Å².